The SMILES string of the molecule is NC1CCN(Cc2ccc3cncc(-c4cc5ccncc5o4)c3c2)CC1. The van der Waals surface area contributed by atoms with E-state index in [9.17, 15) is 0 Å². The minimum atomic E-state index is 0.359. The van der Waals surface area contributed by atoms with Crippen LogP contribution >= 0.6 is 0 Å². The van der Waals surface area contributed by atoms with Gasteiger partial charge in [0.2, 0.25) is 0 Å². The third-order valence-corrected chi connectivity index (χ3v) is 5.45. The number of pyridine rings is 2. The molecular weight excluding hydrogens is 336 g/mol. The Balaban J connectivity index is 1.52. The van der Waals surface area contributed by atoms with Crippen molar-refractivity contribution in [2.24, 2.45) is 5.73 Å². The topological polar surface area (TPSA) is 68.2 Å². The summed E-state index contributed by atoms with van der Waals surface area (Å²) in [4.78, 5) is 11.0. The van der Waals surface area contributed by atoms with Gasteiger partial charge in [0.15, 0.2) is 5.58 Å². The second-order valence-electron chi connectivity index (χ2n) is 7.38. The predicted octanol–water partition coefficient (Wildman–Crippen LogP) is 3.97. The molecule has 5 rings (SSSR count). The first-order valence-electron chi connectivity index (χ1n) is 9.45. The number of rotatable bonds is 3. The van der Waals surface area contributed by atoms with E-state index in [4.69, 9.17) is 10.2 Å². The maximum absolute atomic E-state index is 6.04. The van der Waals surface area contributed by atoms with E-state index < -0.39 is 0 Å². The van der Waals surface area contributed by atoms with Gasteiger partial charge in [-0.15, -0.1) is 0 Å². The summed E-state index contributed by atoms with van der Waals surface area (Å²) in [7, 11) is 0. The molecule has 0 aliphatic carbocycles. The van der Waals surface area contributed by atoms with Crippen LogP contribution in [0.1, 0.15) is 18.4 Å². The molecule has 0 unspecified atom stereocenters. The van der Waals surface area contributed by atoms with Crippen molar-refractivity contribution in [3.05, 3.63) is 60.7 Å². The predicted molar refractivity (Wildman–Crippen MR) is 107 cm³/mol. The fourth-order valence-corrected chi connectivity index (χ4v) is 3.89. The molecule has 2 N–H and O–H groups in total. The molecule has 1 aliphatic rings. The molecule has 5 heteroatoms. The third kappa shape index (κ3) is 3.20. The van der Waals surface area contributed by atoms with E-state index >= 15 is 0 Å². The first-order chi connectivity index (χ1) is 13.3. The second-order valence-corrected chi connectivity index (χ2v) is 7.38. The summed E-state index contributed by atoms with van der Waals surface area (Å²) in [5, 5.41) is 3.34. The minimum absolute atomic E-state index is 0.359. The fraction of sp³-hybridized carbons (Fsp3) is 0.273. The van der Waals surface area contributed by atoms with Crippen LogP contribution < -0.4 is 5.73 Å². The van der Waals surface area contributed by atoms with Gasteiger partial charge in [-0.25, -0.2) is 0 Å². The zero-order valence-corrected chi connectivity index (χ0v) is 15.1. The number of fused-ring (bicyclic) bond motifs is 2. The number of nitrogens with zero attached hydrogens (tertiary/aromatic N) is 3. The van der Waals surface area contributed by atoms with Crippen molar-refractivity contribution in [3.63, 3.8) is 0 Å². The Hall–Kier alpha value is -2.76. The zero-order valence-electron chi connectivity index (χ0n) is 15.1. The van der Waals surface area contributed by atoms with Crippen molar-refractivity contribution in [3.8, 4) is 11.3 Å². The van der Waals surface area contributed by atoms with Gasteiger partial charge < -0.3 is 10.2 Å². The monoisotopic (exact) mass is 358 g/mol. The van der Waals surface area contributed by atoms with Crippen molar-refractivity contribution >= 4 is 21.7 Å². The van der Waals surface area contributed by atoms with Gasteiger partial charge >= 0.3 is 0 Å². The van der Waals surface area contributed by atoms with E-state index in [1.807, 2.05) is 18.5 Å². The highest BCUT2D eigenvalue weighted by Crippen LogP contribution is 2.32. The summed E-state index contributed by atoms with van der Waals surface area (Å²) in [6.45, 7) is 3.09. The Morgan fingerprint density at radius 2 is 1.89 bits per heavy atom. The molecule has 0 amide bonds. The summed E-state index contributed by atoms with van der Waals surface area (Å²) < 4.78 is 6.04. The standard InChI is InChI=1S/C22H22N4O/c23-18-4-7-26(8-5-18)14-15-1-2-17-11-25-12-20(19(17)9-15)21-10-16-3-6-24-13-22(16)27-21/h1-3,6,9-13,18H,4-5,7-8,14,23H2. The van der Waals surface area contributed by atoms with E-state index in [1.54, 1.807) is 12.4 Å². The van der Waals surface area contributed by atoms with Crippen LogP contribution in [0.25, 0.3) is 33.1 Å². The Kier molecular flexibility index (Phi) is 4.11. The van der Waals surface area contributed by atoms with E-state index in [0.29, 0.717) is 6.04 Å². The summed E-state index contributed by atoms with van der Waals surface area (Å²) in [5.41, 5.74) is 9.16. The van der Waals surface area contributed by atoms with Crippen LogP contribution in [-0.2, 0) is 6.54 Å². The van der Waals surface area contributed by atoms with Gasteiger partial charge in [0, 0.05) is 47.5 Å². The van der Waals surface area contributed by atoms with E-state index in [1.165, 1.54) is 10.9 Å². The lowest BCUT2D eigenvalue weighted by Crippen LogP contribution is -2.39. The maximum atomic E-state index is 6.04. The molecule has 0 atom stereocenters. The molecule has 4 heterocycles. The molecule has 27 heavy (non-hydrogen) atoms. The number of hydrogen-bond donors (Lipinski definition) is 1. The quantitative estimate of drug-likeness (QED) is 0.600. The Morgan fingerprint density at radius 1 is 1.00 bits per heavy atom. The number of nitrogens with two attached hydrogens (primary N) is 1. The highest BCUT2D eigenvalue weighted by Gasteiger charge is 2.17. The molecule has 0 bridgehead atoms. The van der Waals surface area contributed by atoms with Crippen molar-refractivity contribution in [2.75, 3.05) is 13.1 Å². The Labute approximate surface area is 157 Å². The van der Waals surface area contributed by atoms with Crippen LogP contribution in [0.2, 0.25) is 0 Å². The van der Waals surface area contributed by atoms with Crippen LogP contribution in [0.15, 0.2) is 59.5 Å². The molecule has 1 aromatic carbocycles. The van der Waals surface area contributed by atoms with Crippen LogP contribution in [0.5, 0.6) is 0 Å². The lowest BCUT2D eigenvalue weighted by Gasteiger charge is -2.30. The van der Waals surface area contributed by atoms with Crippen LogP contribution in [-0.4, -0.2) is 34.0 Å². The normalized spacial score (nSPS) is 16.3. The first kappa shape index (κ1) is 16.4. The van der Waals surface area contributed by atoms with Gasteiger partial charge in [-0.05, 0) is 55.1 Å². The summed E-state index contributed by atoms with van der Waals surface area (Å²) >= 11 is 0. The van der Waals surface area contributed by atoms with E-state index in [-0.39, 0.29) is 0 Å². The van der Waals surface area contributed by atoms with Gasteiger partial charge in [-0.1, -0.05) is 12.1 Å². The smallest absolute Gasteiger partial charge is 0.153 e. The lowest BCUT2D eigenvalue weighted by atomic mass is 10.0. The van der Waals surface area contributed by atoms with Gasteiger partial charge in [-0.3, -0.25) is 14.9 Å². The average molecular weight is 358 g/mol. The van der Waals surface area contributed by atoms with Gasteiger partial charge in [0.25, 0.3) is 0 Å². The molecular formula is C22H22N4O. The molecule has 3 aromatic heterocycles. The number of hydrogen-bond acceptors (Lipinski definition) is 5. The van der Waals surface area contributed by atoms with Crippen molar-refractivity contribution < 1.29 is 4.42 Å². The molecule has 1 aliphatic heterocycles. The summed E-state index contributed by atoms with van der Waals surface area (Å²) in [5.74, 6) is 0.831. The summed E-state index contributed by atoms with van der Waals surface area (Å²) in [6, 6.07) is 11.0. The lowest BCUT2D eigenvalue weighted by molar-refractivity contribution is 0.206. The van der Waals surface area contributed by atoms with E-state index in [0.717, 1.165) is 60.2 Å². The highest BCUT2D eigenvalue weighted by molar-refractivity contribution is 5.97. The molecule has 136 valence electrons. The number of aromatic nitrogens is 2. The Morgan fingerprint density at radius 3 is 2.74 bits per heavy atom. The van der Waals surface area contributed by atoms with Crippen LogP contribution in [0.4, 0.5) is 0 Å². The fourth-order valence-electron chi connectivity index (χ4n) is 3.89. The molecule has 0 saturated carbocycles. The summed E-state index contributed by atoms with van der Waals surface area (Å²) in [6.07, 6.45) is 9.49. The third-order valence-electron chi connectivity index (χ3n) is 5.45. The van der Waals surface area contributed by atoms with Crippen molar-refractivity contribution in [1.82, 2.24) is 14.9 Å². The Bertz CT molecular complexity index is 1060. The zero-order chi connectivity index (χ0) is 18.2. The molecule has 0 spiro atoms. The molecule has 0 radical (unpaired) electrons. The first-order valence-corrected chi connectivity index (χ1v) is 9.45. The number of likely N-dealkylation sites (tertiary alicyclic amines) is 1. The number of furan rings is 1. The highest BCUT2D eigenvalue weighted by atomic mass is 16.3. The van der Waals surface area contributed by atoms with Gasteiger partial charge in [0.05, 0.1) is 6.20 Å². The molecule has 5 nitrogen and oxygen atoms in total. The van der Waals surface area contributed by atoms with Gasteiger partial charge in [0.1, 0.15) is 5.76 Å². The maximum Gasteiger partial charge on any atom is 0.153 e. The second kappa shape index (κ2) is 6.76. The number of piperidine rings is 1. The van der Waals surface area contributed by atoms with Crippen molar-refractivity contribution in [1.29, 1.82) is 0 Å². The van der Waals surface area contributed by atoms with E-state index in [2.05, 4.69) is 39.1 Å². The van der Waals surface area contributed by atoms with Gasteiger partial charge in [-0.2, -0.15) is 0 Å². The van der Waals surface area contributed by atoms with Crippen LogP contribution in [0, 0.1) is 0 Å². The number of benzene rings is 1. The molecule has 1 fully saturated rings. The largest absolute Gasteiger partial charge is 0.454 e. The molecule has 4 aromatic rings. The van der Waals surface area contributed by atoms with Crippen molar-refractivity contribution in [2.45, 2.75) is 25.4 Å². The van der Waals surface area contributed by atoms with Crippen LogP contribution in [0.3, 0.4) is 0 Å². The average Bonchev–Trinajstić information content (AvgIpc) is 3.13. The molecule has 1 saturated heterocycles. The minimum Gasteiger partial charge on any atom is -0.454 e.